The Balaban J connectivity index is 3.40. The number of hydrogen-bond acceptors (Lipinski definition) is 2. The zero-order valence-corrected chi connectivity index (χ0v) is 14.2. The van der Waals surface area contributed by atoms with E-state index in [4.69, 9.17) is 10.2 Å². The predicted molar refractivity (Wildman–Crippen MR) is 97.5 cm³/mol. The second kappa shape index (κ2) is 18.4. The van der Waals surface area contributed by atoms with Crippen molar-refractivity contribution in [2.45, 2.75) is 64.2 Å². The summed E-state index contributed by atoms with van der Waals surface area (Å²) in [5, 5.41) is 17.2. The van der Waals surface area contributed by atoms with Crippen molar-refractivity contribution in [3.8, 4) is 0 Å². The summed E-state index contributed by atoms with van der Waals surface area (Å²) in [5.41, 5.74) is 0. The van der Waals surface area contributed by atoms with Crippen molar-refractivity contribution in [3.63, 3.8) is 0 Å². The molecule has 0 fully saturated rings. The Bertz CT molecular complexity index is 378. The lowest BCUT2D eigenvalue weighted by Crippen LogP contribution is -1.92. The van der Waals surface area contributed by atoms with Gasteiger partial charge in [-0.1, -0.05) is 55.0 Å². The molecule has 0 aromatic heterocycles. The van der Waals surface area contributed by atoms with Gasteiger partial charge in [-0.2, -0.15) is 0 Å². The fourth-order valence-corrected chi connectivity index (χ4v) is 1.98. The number of carbonyl (C=O) groups is 1. The van der Waals surface area contributed by atoms with Gasteiger partial charge in [0.2, 0.25) is 0 Å². The van der Waals surface area contributed by atoms with Crippen molar-refractivity contribution in [1.29, 1.82) is 0 Å². The average Bonchev–Trinajstić information content (AvgIpc) is 2.53. The zero-order valence-electron chi connectivity index (χ0n) is 14.2. The molecule has 23 heavy (non-hydrogen) atoms. The largest absolute Gasteiger partial charge is 0.481 e. The molecule has 0 aliphatic rings. The zero-order chi connectivity index (χ0) is 17.0. The molecule has 0 saturated heterocycles. The fourth-order valence-electron chi connectivity index (χ4n) is 1.98. The number of rotatable bonds is 15. The van der Waals surface area contributed by atoms with Gasteiger partial charge < -0.3 is 10.2 Å². The predicted octanol–water partition coefficient (Wildman–Crippen LogP) is 5.19. The summed E-state index contributed by atoms with van der Waals surface area (Å²) in [6.07, 6.45) is 26.1. The highest BCUT2D eigenvalue weighted by Crippen LogP contribution is 2.02. The Morgan fingerprint density at radius 2 is 1.30 bits per heavy atom. The molecule has 0 aromatic rings. The van der Waals surface area contributed by atoms with E-state index < -0.39 is 5.97 Å². The van der Waals surface area contributed by atoms with Crippen LogP contribution in [0.25, 0.3) is 0 Å². The highest BCUT2D eigenvalue weighted by Gasteiger charge is 1.93. The summed E-state index contributed by atoms with van der Waals surface area (Å²) in [7, 11) is 0. The monoisotopic (exact) mass is 320 g/mol. The Kier molecular flexibility index (Phi) is 17.1. The number of aliphatic carboxylic acids is 1. The number of carboxylic acid groups (broad SMARTS) is 1. The number of aliphatic hydroxyl groups is 1. The minimum Gasteiger partial charge on any atom is -0.481 e. The van der Waals surface area contributed by atoms with Crippen LogP contribution in [-0.4, -0.2) is 22.8 Å². The maximum absolute atomic E-state index is 10.3. The maximum Gasteiger partial charge on any atom is 0.303 e. The van der Waals surface area contributed by atoms with Gasteiger partial charge in [-0.25, -0.2) is 0 Å². The summed E-state index contributed by atoms with van der Waals surface area (Å²) in [6, 6.07) is 0. The van der Waals surface area contributed by atoms with Gasteiger partial charge in [0.25, 0.3) is 0 Å². The smallest absolute Gasteiger partial charge is 0.303 e. The Morgan fingerprint density at radius 3 is 2.04 bits per heavy atom. The third-order valence-electron chi connectivity index (χ3n) is 3.30. The third kappa shape index (κ3) is 20.4. The van der Waals surface area contributed by atoms with Crippen LogP contribution in [0.1, 0.15) is 64.2 Å². The quantitative estimate of drug-likeness (QED) is 0.248. The van der Waals surface area contributed by atoms with Crippen molar-refractivity contribution >= 4 is 5.97 Å². The van der Waals surface area contributed by atoms with Crippen LogP contribution in [0, 0.1) is 0 Å². The highest BCUT2D eigenvalue weighted by atomic mass is 16.4. The first-order chi connectivity index (χ1) is 11.3. The Labute approximate surface area is 141 Å². The lowest BCUT2D eigenvalue weighted by molar-refractivity contribution is -0.137. The molecule has 0 saturated carbocycles. The van der Waals surface area contributed by atoms with E-state index in [9.17, 15) is 4.79 Å². The third-order valence-corrected chi connectivity index (χ3v) is 3.30. The molecule has 0 rings (SSSR count). The molecule has 130 valence electrons. The van der Waals surface area contributed by atoms with Crippen LogP contribution >= 0.6 is 0 Å². The van der Waals surface area contributed by atoms with Crippen LogP contribution in [0.4, 0.5) is 0 Å². The van der Waals surface area contributed by atoms with Crippen molar-refractivity contribution in [3.05, 3.63) is 48.6 Å². The first-order valence-electron chi connectivity index (χ1n) is 8.71. The second-order valence-corrected chi connectivity index (χ2v) is 5.48. The van der Waals surface area contributed by atoms with Crippen molar-refractivity contribution < 1.29 is 15.0 Å². The maximum atomic E-state index is 10.3. The molecule has 0 aliphatic heterocycles. The summed E-state index contributed by atoms with van der Waals surface area (Å²) < 4.78 is 0. The molecule has 0 aromatic carbocycles. The topological polar surface area (TPSA) is 57.5 Å². The SMILES string of the molecule is O=C(O)CCCC/C=C/C=C\CC=CCC=CCCCCCO. The highest BCUT2D eigenvalue weighted by molar-refractivity contribution is 5.66. The van der Waals surface area contributed by atoms with Crippen molar-refractivity contribution in [2.24, 2.45) is 0 Å². The first kappa shape index (κ1) is 21.4. The summed E-state index contributed by atoms with van der Waals surface area (Å²) in [6.45, 7) is 0.305. The number of carboxylic acids is 1. The number of unbranched alkanes of at least 4 members (excludes halogenated alkanes) is 5. The molecule has 0 heterocycles. The van der Waals surface area contributed by atoms with Crippen LogP contribution in [0.5, 0.6) is 0 Å². The van der Waals surface area contributed by atoms with Gasteiger partial charge in [-0.05, 0) is 51.4 Å². The van der Waals surface area contributed by atoms with Gasteiger partial charge in [0.15, 0.2) is 0 Å². The Hall–Kier alpha value is -1.61. The lowest BCUT2D eigenvalue weighted by atomic mass is 10.2. The summed E-state index contributed by atoms with van der Waals surface area (Å²) in [4.78, 5) is 10.3. The van der Waals surface area contributed by atoms with Crippen LogP contribution in [-0.2, 0) is 4.79 Å². The normalized spacial score (nSPS) is 12.4. The first-order valence-corrected chi connectivity index (χ1v) is 8.71. The van der Waals surface area contributed by atoms with Crippen LogP contribution in [0.2, 0.25) is 0 Å². The molecule has 0 bridgehead atoms. The van der Waals surface area contributed by atoms with Gasteiger partial charge in [0.05, 0.1) is 0 Å². The van der Waals surface area contributed by atoms with Crippen LogP contribution < -0.4 is 0 Å². The molecule has 0 aliphatic carbocycles. The molecule has 0 atom stereocenters. The van der Waals surface area contributed by atoms with Gasteiger partial charge in [-0.3, -0.25) is 4.79 Å². The van der Waals surface area contributed by atoms with E-state index in [-0.39, 0.29) is 6.42 Å². The average molecular weight is 320 g/mol. The fraction of sp³-hybridized carbons (Fsp3) is 0.550. The molecule has 3 heteroatoms. The van der Waals surface area contributed by atoms with E-state index in [0.717, 1.165) is 57.8 Å². The van der Waals surface area contributed by atoms with Crippen LogP contribution in [0.15, 0.2) is 48.6 Å². The van der Waals surface area contributed by atoms with E-state index in [1.807, 2.05) is 12.2 Å². The molecule has 0 spiro atoms. The Morgan fingerprint density at radius 1 is 0.696 bits per heavy atom. The molecular weight excluding hydrogens is 288 g/mol. The minimum atomic E-state index is -0.711. The second-order valence-electron chi connectivity index (χ2n) is 5.48. The van der Waals surface area contributed by atoms with Gasteiger partial charge >= 0.3 is 5.97 Å². The van der Waals surface area contributed by atoms with E-state index in [2.05, 4.69) is 36.5 Å². The van der Waals surface area contributed by atoms with E-state index >= 15 is 0 Å². The number of hydrogen-bond donors (Lipinski definition) is 2. The van der Waals surface area contributed by atoms with Gasteiger partial charge in [-0.15, -0.1) is 0 Å². The summed E-state index contributed by atoms with van der Waals surface area (Å²) in [5.74, 6) is -0.711. The molecule has 3 nitrogen and oxygen atoms in total. The van der Waals surface area contributed by atoms with Crippen molar-refractivity contribution in [2.75, 3.05) is 6.61 Å². The molecule has 0 amide bonds. The van der Waals surface area contributed by atoms with Crippen molar-refractivity contribution in [1.82, 2.24) is 0 Å². The molecule has 0 unspecified atom stereocenters. The lowest BCUT2D eigenvalue weighted by Gasteiger charge is -1.93. The number of aliphatic hydroxyl groups excluding tert-OH is 1. The number of allylic oxidation sites excluding steroid dienone is 8. The summed E-state index contributed by atoms with van der Waals surface area (Å²) >= 11 is 0. The van der Waals surface area contributed by atoms with E-state index in [1.54, 1.807) is 0 Å². The van der Waals surface area contributed by atoms with E-state index in [1.165, 1.54) is 0 Å². The van der Waals surface area contributed by atoms with E-state index in [0.29, 0.717) is 6.61 Å². The van der Waals surface area contributed by atoms with Gasteiger partial charge in [0.1, 0.15) is 0 Å². The molecule has 0 radical (unpaired) electrons. The molecule has 2 N–H and O–H groups in total. The van der Waals surface area contributed by atoms with Crippen LogP contribution in [0.3, 0.4) is 0 Å². The standard InChI is InChI=1S/C20H32O3/c21-19-17-15-13-11-9-7-5-3-1-2-4-6-8-10-12-14-16-18-20(22)23/h1,3-4,6-10,21H,2,5,11-19H2,(H,22,23)/b3-1?,6-4-,9-7?,10-8+. The minimum absolute atomic E-state index is 0.269. The van der Waals surface area contributed by atoms with Gasteiger partial charge in [0, 0.05) is 13.0 Å². The molecular formula is C20H32O3.